The van der Waals surface area contributed by atoms with E-state index in [1.165, 1.54) is 5.56 Å². The summed E-state index contributed by atoms with van der Waals surface area (Å²) in [5.74, 6) is 1.43. The first-order valence-corrected chi connectivity index (χ1v) is 8.24. The van der Waals surface area contributed by atoms with E-state index in [1.807, 2.05) is 12.1 Å². The Morgan fingerprint density at radius 3 is 2.86 bits per heavy atom. The van der Waals surface area contributed by atoms with Crippen LogP contribution in [0.5, 0.6) is 5.75 Å². The van der Waals surface area contributed by atoms with Gasteiger partial charge in [0.1, 0.15) is 5.75 Å². The maximum Gasteiger partial charge on any atom is 0.231 e. The van der Waals surface area contributed by atoms with Crippen LogP contribution in [0.2, 0.25) is 0 Å². The molecule has 2 aliphatic rings. The number of amides is 1. The molecule has 0 bridgehead atoms. The van der Waals surface area contributed by atoms with Gasteiger partial charge >= 0.3 is 0 Å². The van der Waals surface area contributed by atoms with Gasteiger partial charge in [-0.05, 0) is 50.9 Å². The van der Waals surface area contributed by atoms with E-state index in [0.717, 1.165) is 38.2 Å². The van der Waals surface area contributed by atoms with E-state index < -0.39 is 0 Å². The third-order valence-electron chi connectivity index (χ3n) is 5.27. The molecule has 2 atom stereocenters. The van der Waals surface area contributed by atoms with Crippen molar-refractivity contribution in [1.82, 2.24) is 10.2 Å². The number of methoxy groups -OCH3 is 1. The average Bonchev–Trinajstić information content (AvgIpc) is 2.81. The number of hydrogen-bond acceptors (Lipinski definition) is 3. The standard InChI is InChI=1S/C18H26N2O2/c1-13(2)20-11-16(14-6-4-7-15(10-14)22-3)18(17(20)21)8-5-9-19-12-18/h4,6-7,10,13,16,19H,5,8-9,11-12H2,1-3H3/t16-,18-/m1/s1. The van der Waals surface area contributed by atoms with Crippen LogP contribution in [0.1, 0.15) is 38.2 Å². The number of carbonyl (C=O) groups is 1. The molecule has 4 nitrogen and oxygen atoms in total. The molecule has 1 N–H and O–H groups in total. The van der Waals surface area contributed by atoms with Crippen LogP contribution in [-0.4, -0.2) is 43.6 Å². The van der Waals surface area contributed by atoms with Gasteiger partial charge in [-0.2, -0.15) is 0 Å². The van der Waals surface area contributed by atoms with E-state index in [-0.39, 0.29) is 17.4 Å². The number of nitrogens with zero attached hydrogens (tertiary/aromatic N) is 1. The van der Waals surface area contributed by atoms with E-state index in [0.29, 0.717) is 5.91 Å². The van der Waals surface area contributed by atoms with Crippen LogP contribution < -0.4 is 10.1 Å². The largest absolute Gasteiger partial charge is 0.497 e. The van der Waals surface area contributed by atoms with E-state index in [2.05, 4.69) is 36.2 Å². The summed E-state index contributed by atoms with van der Waals surface area (Å²) < 4.78 is 5.38. The number of ether oxygens (including phenoxy) is 1. The summed E-state index contributed by atoms with van der Waals surface area (Å²) in [5, 5.41) is 3.46. The zero-order valence-electron chi connectivity index (χ0n) is 13.8. The molecule has 2 saturated heterocycles. The molecule has 2 aliphatic heterocycles. The highest BCUT2D eigenvalue weighted by molar-refractivity contribution is 5.87. The van der Waals surface area contributed by atoms with Crippen LogP contribution in [0.15, 0.2) is 24.3 Å². The quantitative estimate of drug-likeness (QED) is 0.932. The molecule has 0 saturated carbocycles. The maximum atomic E-state index is 13.1. The lowest BCUT2D eigenvalue weighted by molar-refractivity contribution is -0.138. The average molecular weight is 302 g/mol. The minimum Gasteiger partial charge on any atom is -0.497 e. The van der Waals surface area contributed by atoms with Crippen LogP contribution in [-0.2, 0) is 4.79 Å². The summed E-state index contributed by atoms with van der Waals surface area (Å²) in [6.07, 6.45) is 2.04. The summed E-state index contributed by atoms with van der Waals surface area (Å²) >= 11 is 0. The Morgan fingerprint density at radius 1 is 1.41 bits per heavy atom. The molecule has 0 aromatic heterocycles. The summed E-state index contributed by atoms with van der Waals surface area (Å²) in [6.45, 7) is 6.83. The second-order valence-electron chi connectivity index (χ2n) is 6.82. The van der Waals surface area contributed by atoms with Gasteiger partial charge in [0.05, 0.1) is 12.5 Å². The lowest BCUT2D eigenvalue weighted by Crippen LogP contribution is -2.48. The summed E-state index contributed by atoms with van der Waals surface area (Å²) in [6, 6.07) is 8.48. The van der Waals surface area contributed by atoms with Crippen LogP contribution in [0, 0.1) is 5.41 Å². The van der Waals surface area contributed by atoms with Gasteiger partial charge in [-0.3, -0.25) is 4.79 Å². The van der Waals surface area contributed by atoms with E-state index in [1.54, 1.807) is 7.11 Å². The van der Waals surface area contributed by atoms with Crippen molar-refractivity contribution in [3.63, 3.8) is 0 Å². The number of rotatable bonds is 3. The number of likely N-dealkylation sites (tertiary alicyclic amines) is 1. The van der Waals surface area contributed by atoms with Gasteiger partial charge in [0.15, 0.2) is 0 Å². The first-order valence-electron chi connectivity index (χ1n) is 8.24. The molecule has 1 aromatic rings. The fourth-order valence-electron chi connectivity index (χ4n) is 4.03. The zero-order chi connectivity index (χ0) is 15.7. The number of benzene rings is 1. The van der Waals surface area contributed by atoms with Crippen molar-refractivity contribution in [1.29, 1.82) is 0 Å². The Morgan fingerprint density at radius 2 is 2.23 bits per heavy atom. The van der Waals surface area contributed by atoms with Crippen molar-refractivity contribution in [2.45, 2.75) is 38.6 Å². The van der Waals surface area contributed by atoms with Gasteiger partial charge in [-0.25, -0.2) is 0 Å². The molecule has 4 heteroatoms. The number of nitrogens with one attached hydrogen (secondary N) is 1. The SMILES string of the molecule is COc1cccc([C@H]2CN(C(C)C)C(=O)[C@@]23CCCNC3)c1. The van der Waals surface area contributed by atoms with Gasteiger partial charge in [-0.15, -0.1) is 0 Å². The Kier molecular flexibility index (Phi) is 4.13. The Hall–Kier alpha value is -1.55. The van der Waals surface area contributed by atoms with Crippen molar-refractivity contribution < 1.29 is 9.53 Å². The third kappa shape index (κ3) is 2.39. The van der Waals surface area contributed by atoms with Gasteiger partial charge in [-0.1, -0.05) is 12.1 Å². The second kappa shape index (κ2) is 5.92. The van der Waals surface area contributed by atoms with Gasteiger partial charge in [0.25, 0.3) is 0 Å². The molecule has 22 heavy (non-hydrogen) atoms. The summed E-state index contributed by atoms with van der Waals surface area (Å²) in [4.78, 5) is 15.2. The fraction of sp³-hybridized carbons (Fsp3) is 0.611. The topological polar surface area (TPSA) is 41.6 Å². The molecular formula is C18H26N2O2. The van der Waals surface area contributed by atoms with Crippen LogP contribution in [0.3, 0.4) is 0 Å². The molecule has 120 valence electrons. The number of piperidine rings is 1. The molecular weight excluding hydrogens is 276 g/mol. The number of hydrogen-bond donors (Lipinski definition) is 1. The van der Waals surface area contributed by atoms with Crippen molar-refractivity contribution in [3.05, 3.63) is 29.8 Å². The second-order valence-corrected chi connectivity index (χ2v) is 6.82. The van der Waals surface area contributed by atoms with Gasteiger partial charge in [0.2, 0.25) is 5.91 Å². The highest BCUT2D eigenvalue weighted by Crippen LogP contribution is 2.48. The van der Waals surface area contributed by atoms with E-state index >= 15 is 0 Å². The molecule has 3 rings (SSSR count). The first-order chi connectivity index (χ1) is 10.6. The molecule has 0 radical (unpaired) electrons. The third-order valence-corrected chi connectivity index (χ3v) is 5.27. The van der Waals surface area contributed by atoms with Gasteiger partial charge < -0.3 is 15.0 Å². The van der Waals surface area contributed by atoms with Crippen LogP contribution in [0.25, 0.3) is 0 Å². The minimum absolute atomic E-state index is 0.241. The van der Waals surface area contributed by atoms with Crippen molar-refractivity contribution in [2.75, 3.05) is 26.7 Å². The lowest BCUT2D eigenvalue weighted by atomic mass is 9.69. The lowest BCUT2D eigenvalue weighted by Gasteiger charge is -2.37. The van der Waals surface area contributed by atoms with Crippen molar-refractivity contribution >= 4 is 5.91 Å². The molecule has 0 unspecified atom stereocenters. The van der Waals surface area contributed by atoms with E-state index in [4.69, 9.17) is 4.74 Å². The Labute approximate surface area is 132 Å². The molecule has 1 amide bonds. The summed E-state index contributed by atoms with van der Waals surface area (Å²) in [5.41, 5.74) is 0.939. The molecule has 1 aromatic carbocycles. The molecule has 2 heterocycles. The molecule has 2 fully saturated rings. The molecule has 1 spiro atoms. The van der Waals surface area contributed by atoms with Crippen LogP contribution in [0.4, 0.5) is 0 Å². The predicted octanol–water partition coefficient (Wildman–Crippen LogP) is 2.40. The maximum absolute atomic E-state index is 13.1. The van der Waals surface area contributed by atoms with Crippen molar-refractivity contribution in [3.8, 4) is 5.75 Å². The highest BCUT2D eigenvalue weighted by atomic mass is 16.5. The van der Waals surface area contributed by atoms with Crippen LogP contribution >= 0.6 is 0 Å². The van der Waals surface area contributed by atoms with Gasteiger partial charge in [0, 0.05) is 25.0 Å². The monoisotopic (exact) mass is 302 g/mol. The molecule has 0 aliphatic carbocycles. The number of carbonyl (C=O) groups excluding carboxylic acids is 1. The van der Waals surface area contributed by atoms with Crippen molar-refractivity contribution in [2.24, 2.45) is 5.41 Å². The minimum atomic E-state index is -0.283. The predicted molar refractivity (Wildman–Crippen MR) is 87.1 cm³/mol. The first kappa shape index (κ1) is 15.3. The summed E-state index contributed by atoms with van der Waals surface area (Å²) in [7, 11) is 1.69. The Balaban J connectivity index is 2.01. The smallest absolute Gasteiger partial charge is 0.231 e. The van der Waals surface area contributed by atoms with E-state index in [9.17, 15) is 4.79 Å². The fourth-order valence-corrected chi connectivity index (χ4v) is 4.03. The zero-order valence-corrected chi connectivity index (χ0v) is 13.8. The highest BCUT2D eigenvalue weighted by Gasteiger charge is 2.54. The Bertz CT molecular complexity index is 550. The normalized spacial score (nSPS) is 28.6.